The van der Waals surface area contributed by atoms with Crippen molar-refractivity contribution in [1.29, 1.82) is 0 Å². The largest absolute Gasteiger partial charge is 0.403 e. The Kier molecular flexibility index (Phi) is 3.79. The van der Waals surface area contributed by atoms with Crippen molar-refractivity contribution in [2.45, 2.75) is 13.8 Å². The molecule has 0 bridgehead atoms. The van der Waals surface area contributed by atoms with Gasteiger partial charge in [0.25, 0.3) is 0 Å². The third-order valence-electron chi connectivity index (χ3n) is 4.01. The van der Waals surface area contributed by atoms with Gasteiger partial charge in [-0.25, -0.2) is 9.18 Å². The minimum Gasteiger partial charge on any atom is -0.403 e. The number of hydrogen-bond acceptors (Lipinski definition) is 4. The number of likely N-dealkylation sites (tertiary alicyclic amines) is 1. The summed E-state index contributed by atoms with van der Waals surface area (Å²) in [6.07, 6.45) is 0. The number of benzene rings is 1. The SMILES string of the molecule is CC1CN(C(=O)Nc2nnc(-c3ccc(F)cc3)o2)CC1C. The highest BCUT2D eigenvalue weighted by Crippen LogP contribution is 2.24. The second-order valence-corrected chi connectivity index (χ2v) is 5.71. The summed E-state index contributed by atoms with van der Waals surface area (Å²) in [4.78, 5) is 13.9. The van der Waals surface area contributed by atoms with Gasteiger partial charge in [0, 0.05) is 18.7 Å². The Morgan fingerprint density at radius 3 is 2.50 bits per heavy atom. The number of nitrogens with zero attached hydrogens (tertiary/aromatic N) is 3. The molecule has 3 rings (SSSR count). The Labute approximate surface area is 127 Å². The van der Waals surface area contributed by atoms with Crippen LogP contribution >= 0.6 is 0 Å². The summed E-state index contributed by atoms with van der Waals surface area (Å²) in [7, 11) is 0. The maximum absolute atomic E-state index is 12.9. The number of aromatic nitrogens is 2. The van der Waals surface area contributed by atoms with Gasteiger partial charge < -0.3 is 9.32 Å². The van der Waals surface area contributed by atoms with Gasteiger partial charge in [0.15, 0.2) is 0 Å². The van der Waals surface area contributed by atoms with Gasteiger partial charge in [-0.2, -0.15) is 0 Å². The minimum atomic E-state index is -0.339. The van der Waals surface area contributed by atoms with E-state index in [1.165, 1.54) is 24.3 Å². The molecule has 0 spiro atoms. The molecule has 1 fully saturated rings. The molecule has 2 heterocycles. The lowest BCUT2D eigenvalue weighted by Crippen LogP contribution is -2.33. The van der Waals surface area contributed by atoms with E-state index in [2.05, 4.69) is 29.4 Å². The molecular formula is C15H17FN4O2. The van der Waals surface area contributed by atoms with E-state index in [1.807, 2.05) is 0 Å². The second kappa shape index (κ2) is 5.75. The number of anilines is 1. The second-order valence-electron chi connectivity index (χ2n) is 5.71. The van der Waals surface area contributed by atoms with Crippen LogP contribution in [0.5, 0.6) is 0 Å². The lowest BCUT2D eigenvalue weighted by Gasteiger charge is -2.14. The Morgan fingerprint density at radius 2 is 1.86 bits per heavy atom. The molecule has 1 saturated heterocycles. The van der Waals surface area contributed by atoms with Crippen LogP contribution in [-0.4, -0.2) is 34.2 Å². The average Bonchev–Trinajstić information content (AvgIpc) is 3.08. The first-order valence-electron chi connectivity index (χ1n) is 7.18. The van der Waals surface area contributed by atoms with E-state index < -0.39 is 0 Å². The summed E-state index contributed by atoms with van der Waals surface area (Å²) >= 11 is 0. The van der Waals surface area contributed by atoms with Gasteiger partial charge in [-0.05, 0) is 36.1 Å². The van der Waals surface area contributed by atoms with Crippen LogP contribution in [0, 0.1) is 17.7 Å². The summed E-state index contributed by atoms with van der Waals surface area (Å²) in [6, 6.07) is 5.49. The topological polar surface area (TPSA) is 71.3 Å². The fraction of sp³-hybridized carbons (Fsp3) is 0.400. The van der Waals surface area contributed by atoms with Crippen LogP contribution in [-0.2, 0) is 0 Å². The first-order valence-corrected chi connectivity index (χ1v) is 7.18. The molecule has 6 nitrogen and oxygen atoms in total. The van der Waals surface area contributed by atoms with E-state index in [-0.39, 0.29) is 23.8 Å². The molecule has 2 aromatic rings. The molecule has 1 aromatic heterocycles. The van der Waals surface area contributed by atoms with Crippen molar-refractivity contribution in [3.63, 3.8) is 0 Å². The smallest absolute Gasteiger partial charge is 0.325 e. The van der Waals surface area contributed by atoms with Crippen molar-refractivity contribution in [3.8, 4) is 11.5 Å². The molecule has 0 radical (unpaired) electrons. The van der Waals surface area contributed by atoms with Crippen LogP contribution in [0.2, 0.25) is 0 Å². The first kappa shape index (κ1) is 14.5. The summed E-state index contributed by atoms with van der Waals surface area (Å²) < 4.78 is 18.3. The fourth-order valence-corrected chi connectivity index (χ4v) is 2.45. The number of rotatable bonds is 2. The quantitative estimate of drug-likeness (QED) is 0.926. The highest BCUT2D eigenvalue weighted by Gasteiger charge is 2.30. The number of nitrogens with one attached hydrogen (secondary N) is 1. The zero-order valence-corrected chi connectivity index (χ0v) is 12.4. The zero-order chi connectivity index (χ0) is 15.7. The fourth-order valence-electron chi connectivity index (χ4n) is 2.45. The molecule has 1 aliphatic rings. The van der Waals surface area contributed by atoms with E-state index in [4.69, 9.17) is 4.42 Å². The highest BCUT2D eigenvalue weighted by molar-refractivity contribution is 5.87. The van der Waals surface area contributed by atoms with Crippen molar-refractivity contribution in [1.82, 2.24) is 15.1 Å². The van der Waals surface area contributed by atoms with E-state index in [0.29, 0.717) is 30.5 Å². The standard InChI is InChI=1S/C15H17FN4O2/c1-9-7-20(8-10(9)2)15(21)17-14-19-18-13(22-14)11-3-5-12(16)6-4-11/h3-6,9-10H,7-8H2,1-2H3,(H,17,19,21). The number of hydrogen-bond donors (Lipinski definition) is 1. The van der Waals surface area contributed by atoms with Crippen LogP contribution in [0.25, 0.3) is 11.5 Å². The maximum atomic E-state index is 12.9. The van der Waals surface area contributed by atoms with Crippen molar-refractivity contribution < 1.29 is 13.6 Å². The van der Waals surface area contributed by atoms with Gasteiger partial charge in [0.2, 0.25) is 5.89 Å². The predicted molar refractivity (Wildman–Crippen MR) is 78.6 cm³/mol. The summed E-state index contributed by atoms with van der Waals surface area (Å²) in [5, 5.41) is 10.2. The molecule has 7 heteroatoms. The third kappa shape index (κ3) is 2.93. The van der Waals surface area contributed by atoms with Crippen LogP contribution in [0.3, 0.4) is 0 Å². The Hall–Kier alpha value is -2.44. The predicted octanol–water partition coefficient (Wildman–Crippen LogP) is 3.00. The molecule has 2 atom stereocenters. The molecular weight excluding hydrogens is 287 g/mol. The Balaban J connectivity index is 1.67. The maximum Gasteiger partial charge on any atom is 0.325 e. The van der Waals surface area contributed by atoms with Gasteiger partial charge in [-0.1, -0.05) is 18.9 Å². The van der Waals surface area contributed by atoms with Crippen LogP contribution in [0.15, 0.2) is 28.7 Å². The number of urea groups is 1. The Bertz CT molecular complexity index is 660. The van der Waals surface area contributed by atoms with E-state index >= 15 is 0 Å². The average molecular weight is 304 g/mol. The molecule has 1 N–H and O–H groups in total. The van der Waals surface area contributed by atoms with E-state index in [9.17, 15) is 9.18 Å². The van der Waals surface area contributed by atoms with Crippen molar-refractivity contribution in [2.24, 2.45) is 11.8 Å². The first-order chi connectivity index (χ1) is 10.5. The lowest BCUT2D eigenvalue weighted by atomic mass is 10.0. The van der Waals surface area contributed by atoms with Gasteiger partial charge >= 0.3 is 12.0 Å². The van der Waals surface area contributed by atoms with Crippen molar-refractivity contribution in [3.05, 3.63) is 30.1 Å². The lowest BCUT2D eigenvalue weighted by molar-refractivity contribution is 0.219. The number of halogens is 1. The molecule has 0 saturated carbocycles. The van der Waals surface area contributed by atoms with Crippen molar-refractivity contribution in [2.75, 3.05) is 18.4 Å². The van der Waals surface area contributed by atoms with Crippen LogP contribution < -0.4 is 5.32 Å². The molecule has 0 aliphatic carbocycles. The molecule has 22 heavy (non-hydrogen) atoms. The van der Waals surface area contributed by atoms with Gasteiger partial charge in [-0.15, -0.1) is 5.10 Å². The van der Waals surface area contributed by atoms with Crippen LogP contribution in [0.4, 0.5) is 15.2 Å². The summed E-state index contributed by atoms with van der Waals surface area (Å²) in [5.41, 5.74) is 0.595. The molecule has 2 amide bonds. The summed E-state index contributed by atoms with van der Waals surface area (Å²) in [5.74, 6) is 0.846. The minimum absolute atomic E-state index is 0.0385. The normalized spacial score (nSPS) is 21.1. The number of carbonyl (C=O) groups is 1. The number of amides is 2. The van der Waals surface area contributed by atoms with E-state index in [0.717, 1.165) is 0 Å². The highest BCUT2D eigenvalue weighted by atomic mass is 19.1. The summed E-state index contributed by atoms with van der Waals surface area (Å²) in [6.45, 7) is 5.67. The number of carbonyl (C=O) groups excluding carboxylic acids is 1. The van der Waals surface area contributed by atoms with Gasteiger partial charge in [-0.3, -0.25) is 5.32 Å². The third-order valence-corrected chi connectivity index (χ3v) is 4.01. The van der Waals surface area contributed by atoms with Crippen LogP contribution in [0.1, 0.15) is 13.8 Å². The van der Waals surface area contributed by atoms with E-state index in [1.54, 1.807) is 4.90 Å². The van der Waals surface area contributed by atoms with Gasteiger partial charge in [0.05, 0.1) is 0 Å². The molecule has 2 unspecified atom stereocenters. The van der Waals surface area contributed by atoms with Crippen molar-refractivity contribution >= 4 is 12.0 Å². The zero-order valence-electron chi connectivity index (χ0n) is 12.4. The monoisotopic (exact) mass is 304 g/mol. The molecule has 1 aromatic carbocycles. The Morgan fingerprint density at radius 1 is 1.23 bits per heavy atom. The van der Waals surface area contributed by atoms with Gasteiger partial charge in [0.1, 0.15) is 5.82 Å². The molecule has 116 valence electrons. The molecule has 1 aliphatic heterocycles.